The van der Waals surface area contributed by atoms with Gasteiger partial charge >= 0.3 is 0 Å². The molecule has 6 nitrogen and oxygen atoms in total. The molecular formula is C12H14ClN3O3S. The summed E-state index contributed by atoms with van der Waals surface area (Å²) in [5.74, 6) is 1.03. The van der Waals surface area contributed by atoms with Gasteiger partial charge in [-0.25, -0.2) is 0 Å². The molecular weight excluding hydrogens is 302 g/mol. The second-order valence-electron chi connectivity index (χ2n) is 3.94. The van der Waals surface area contributed by atoms with Crippen LogP contribution in [0, 0.1) is 0 Å². The van der Waals surface area contributed by atoms with E-state index in [1.807, 2.05) is 6.07 Å². The number of aliphatic hydroxyl groups excluding tert-OH is 1. The van der Waals surface area contributed by atoms with Gasteiger partial charge in [-0.15, -0.1) is 4.37 Å². The van der Waals surface area contributed by atoms with Crippen molar-refractivity contribution in [1.82, 2.24) is 8.75 Å². The number of rotatable bonds is 7. The lowest BCUT2D eigenvalue weighted by Crippen LogP contribution is -2.26. The van der Waals surface area contributed by atoms with E-state index in [1.165, 1.54) is 6.20 Å². The summed E-state index contributed by atoms with van der Waals surface area (Å²) in [6.07, 6.45) is 0.839. The highest BCUT2D eigenvalue weighted by Gasteiger charge is 2.07. The summed E-state index contributed by atoms with van der Waals surface area (Å²) in [4.78, 5) is 0. The Morgan fingerprint density at radius 1 is 1.50 bits per heavy atom. The van der Waals surface area contributed by atoms with Gasteiger partial charge in [0.1, 0.15) is 24.7 Å². The number of aliphatic hydroxyl groups is 1. The van der Waals surface area contributed by atoms with E-state index in [2.05, 4.69) is 14.1 Å². The molecule has 0 aliphatic carbocycles. The summed E-state index contributed by atoms with van der Waals surface area (Å²) in [7, 11) is 1.56. The average Bonchev–Trinajstić information content (AvgIpc) is 2.96. The van der Waals surface area contributed by atoms with Gasteiger partial charge in [0.2, 0.25) is 5.88 Å². The van der Waals surface area contributed by atoms with Gasteiger partial charge in [0.05, 0.1) is 23.9 Å². The van der Waals surface area contributed by atoms with E-state index in [-0.39, 0.29) is 6.61 Å². The quantitative estimate of drug-likeness (QED) is 0.814. The van der Waals surface area contributed by atoms with E-state index in [0.717, 1.165) is 17.4 Å². The second kappa shape index (κ2) is 7.28. The minimum Gasteiger partial charge on any atom is -0.495 e. The summed E-state index contributed by atoms with van der Waals surface area (Å²) in [6, 6.07) is 5.31. The molecule has 1 unspecified atom stereocenters. The van der Waals surface area contributed by atoms with Gasteiger partial charge in [-0.05, 0) is 18.2 Å². The third kappa shape index (κ3) is 4.22. The van der Waals surface area contributed by atoms with Crippen LogP contribution in [0.5, 0.6) is 11.6 Å². The summed E-state index contributed by atoms with van der Waals surface area (Å²) in [6.45, 7) is 0.475. The van der Waals surface area contributed by atoms with Crippen LogP contribution in [0.2, 0.25) is 5.02 Å². The highest BCUT2D eigenvalue weighted by atomic mass is 35.5. The Morgan fingerprint density at radius 3 is 3.00 bits per heavy atom. The first-order valence-corrected chi connectivity index (χ1v) is 6.95. The van der Waals surface area contributed by atoms with Gasteiger partial charge in [0.25, 0.3) is 0 Å². The Kier molecular flexibility index (Phi) is 5.40. The first kappa shape index (κ1) is 14.8. The number of anilines is 1. The van der Waals surface area contributed by atoms with Crippen LogP contribution in [-0.2, 0) is 0 Å². The Balaban J connectivity index is 1.78. The van der Waals surface area contributed by atoms with Crippen molar-refractivity contribution in [3.63, 3.8) is 0 Å². The monoisotopic (exact) mass is 315 g/mol. The lowest BCUT2D eigenvalue weighted by molar-refractivity contribution is 0.115. The molecule has 1 heterocycles. The lowest BCUT2D eigenvalue weighted by Gasteiger charge is -2.13. The van der Waals surface area contributed by atoms with Crippen molar-refractivity contribution >= 4 is 29.0 Å². The van der Waals surface area contributed by atoms with Gasteiger partial charge in [0.15, 0.2) is 0 Å². The van der Waals surface area contributed by atoms with Crippen LogP contribution in [0.3, 0.4) is 0 Å². The molecule has 0 aliphatic heterocycles. The molecule has 0 saturated heterocycles. The van der Waals surface area contributed by atoms with Crippen molar-refractivity contribution in [2.24, 2.45) is 0 Å². The normalized spacial score (nSPS) is 11.9. The van der Waals surface area contributed by atoms with Crippen molar-refractivity contribution in [3.8, 4) is 11.6 Å². The summed E-state index contributed by atoms with van der Waals surface area (Å²) < 4.78 is 18.0. The fraction of sp³-hybridized carbons (Fsp3) is 0.333. The molecule has 8 heteroatoms. The molecule has 2 aromatic rings. The number of nitrogens with one attached hydrogen (secondary N) is 1. The fourth-order valence-electron chi connectivity index (χ4n) is 1.47. The number of methoxy groups -OCH3 is 1. The van der Waals surface area contributed by atoms with E-state index in [9.17, 15) is 5.11 Å². The van der Waals surface area contributed by atoms with Crippen LogP contribution in [0.15, 0.2) is 24.4 Å². The van der Waals surface area contributed by atoms with Gasteiger partial charge in [-0.1, -0.05) is 11.6 Å². The number of hydrogen-bond donors (Lipinski definition) is 2. The van der Waals surface area contributed by atoms with E-state index in [4.69, 9.17) is 21.1 Å². The molecule has 0 amide bonds. The van der Waals surface area contributed by atoms with Crippen LogP contribution < -0.4 is 14.8 Å². The molecule has 0 bridgehead atoms. The minimum absolute atomic E-state index is 0.141. The standard InChI is InChI=1S/C12H14ClN3O3S/c1-18-11-3-2-8(4-10(11)13)14-5-9(17)7-19-12-6-15-20-16-12/h2-4,6,9,14,17H,5,7H2,1H3. The van der Waals surface area contributed by atoms with Crippen LogP contribution in [0.1, 0.15) is 0 Å². The zero-order chi connectivity index (χ0) is 14.4. The van der Waals surface area contributed by atoms with Gasteiger partial charge in [0, 0.05) is 12.2 Å². The Hall–Kier alpha value is -1.57. The van der Waals surface area contributed by atoms with E-state index < -0.39 is 6.10 Å². The zero-order valence-electron chi connectivity index (χ0n) is 10.7. The van der Waals surface area contributed by atoms with Crippen LogP contribution >= 0.6 is 23.3 Å². The van der Waals surface area contributed by atoms with Crippen molar-refractivity contribution < 1.29 is 14.6 Å². The Labute approximate surface area is 125 Å². The van der Waals surface area contributed by atoms with Crippen molar-refractivity contribution in [2.75, 3.05) is 25.6 Å². The predicted molar refractivity (Wildman–Crippen MR) is 77.9 cm³/mol. The molecule has 20 heavy (non-hydrogen) atoms. The molecule has 0 fully saturated rings. The second-order valence-corrected chi connectivity index (χ2v) is 4.90. The number of nitrogens with zero attached hydrogens (tertiary/aromatic N) is 2. The molecule has 2 rings (SSSR count). The highest BCUT2D eigenvalue weighted by Crippen LogP contribution is 2.27. The third-order valence-corrected chi connectivity index (χ3v) is 3.21. The molecule has 0 radical (unpaired) electrons. The first-order valence-electron chi connectivity index (χ1n) is 5.85. The number of halogens is 1. The minimum atomic E-state index is -0.669. The fourth-order valence-corrected chi connectivity index (χ4v) is 2.09. The molecule has 0 aliphatic rings. The smallest absolute Gasteiger partial charge is 0.245 e. The molecule has 2 N–H and O–H groups in total. The first-order chi connectivity index (χ1) is 9.69. The van der Waals surface area contributed by atoms with E-state index in [1.54, 1.807) is 19.2 Å². The molecule has 0 saturated carbocycles. The lowest BCUT2D eigenvalue weighted by atomic mass is 10.3. The highest BCUT2D eigenvalue weighted by molar-refractivity contribution is 6.99. The van der Waals surface area contributed by atoms with Crippen molar-refractivity contribution in [1.29, 1.82) is 0 Å². The maximum atomic E-state index is 9.79. The van der Waals surface area contributed by atoms with Gasteiger partial charge in [-0.2, -0.15) is 4.37 Å². The zero-order valence-corrected chi connectivity index (χ0v) is 12.3. The topological polar surface area (TPSA) is 76.5 Å². The maximum absolute atomic E-state index is 9.79. The largest absolute Gasteiger partial charge is 0.495 e. The van der Waals surface area contributed by atoms with E-state index >= 15 is 0 Å². The maximum Gasteiger partial charge on any atom is 0.245 e. The van der Waals surface area contributed by atoms with Crippen LogP contribution in [-0.4, -0.2) is 40.2 Å². The number of hydrogen-bond acceptors (Lipinski definition) is 7. The van der Waals surface area contributed by atoms with Crippen molar-refractivity contribution in [3.05, 3.63) is 29.4 Å². The molecule has 1 atom stereocenters. The summed E-state index contributed by atoms with van der Waals surface area (Å²) >= 11 is 7.07. The number of benzene rings is 1. The van der Waals surface area contributed by atoms with E-state index in [0.29, 0.717) is 23.2 Å². The summed E-state index contributed by atoms with van der Waals surface area (Å²) in [5, 5.41) is 13.4. The Bertz CT molecular complexity index is 539. The number of aromatic nitrogens is 2. The summed E-state index contributed by atoms with van der Waals surface area (Å²) in [5.41, 5.74) is 0.796. The average molecular weight is 316 g/mol. The molecule has 0 spiro atoms. The Morgan fingerprint density at radius 2 is 2.35 bits per heavy atom. The van der Waals surface area contributed by atoms with Crippen LogP contribution in [0.25, 0.3) is 0 Å². The number of ether oxygens (including phenoxy) is 2. The van der Waals surface area contributed by atoms with Gasteiger partial charge < -0.3 is 19.9 Å². The van der Waals surface area contributed by atoms with Crippen LogP contribution in [0.4, 0.5) is 5.69 Å². The molecule has 1 aromatic carbocycles. The third-order valence-electron chi connectivity index (χ3n) is 2.46. The van der Waals surface area contributed by atoms with Gasteiger partial charge in [-0.3, -0.25) is 0 Å². The molecule has 1 aromatic heterocycles. The SMILES string of the molecule is COc1ccc(NCC(O)COc2cnsn2)cc1Cl. The molecule has 108 valence electrons. The predicted octanol–water partition coefficient (Wildman–Crippen LogP) is 2.05. The van der Waals surface area contributed by atoms with Crippen molar-refractivity contribution in [2.45, 2.75) is 6.10 Å².